The van der Waals surface area contributed by atoms with E-state index in [0.29, 0.717) is 22.1 Å². The normalized spacial score (nSPS) is 10.3. The third kappa shape index (κ3) is 2.58. The van der Waals surface area contributed by atoms with Gasteiger partial charge < -0.3 is 4.90 Å². The lowest BCUT2D eigenvalue weighted by Crippen LogP contribution is -2.12. The van der Waals surface area contributed by atoms with E-state index in [1.54, 1.807) is 49.6 Å². The van der Waals surface area contributed by atoms with Crippen molar-refractivity contribution in [2.24, 2.45) is 0 Å². The van der Waals surface area contributed by atoms with Gasteiger partial charge in [0, 0.05) is 32.1 Å². The first-order valence-electron chi connectivity index (χ1n) is 5.64. The van der Waals surface area contributed by atoms with E-state index in [9.17, 15) is 4.39 Å². The Hall–Kier alpha value is -1.94. The zero-order valence-corrected chi connectivity index (χ0v) is 11.4. The third-order valence-corrected chi connectivity index (χ3v) is 2.97. The van der Waals surface area contributed by atoms with Gasteiger partial charge in [0.05, 0.1) is 16.3 Å². The number of nitrogens with zero attached hydrogens (tertiary/aromatic N) is 3. The number of benzene rings is 1. The van der Waals surface area contributed by atoms with Crippen LogP contribution in [0.2, 0.25) is 5.02 Å². The fourth-order valence-electron chi connectivity index (χ4n) is 1.71. The Bertz CT molecular complexity index is 609. The number of rotatable bonds is 3. The predicted octanol–water partition coefficient (Wildman–Crippen LogP) is 3.65. The summed E-state index contributed by atoms with van der Waals surface area (Å²) < 4.78 is 14.4. The molecule has 3 nitrogen and oxygen atoms in total. The summed E-state index contributed by atoms with van der Waals surface area (Å²) in [7, 11) is 3.46. The van der Waals surface area contributed by atoms with Crippen molar-refractivity contribution in [1.29, 1.82) is 0 Å². The summed E-state index contributed by atoms with van der Waals surface area (Å²) in [6.07, 6.45) is 4.82. The van der Waals surface area contributed by atoms with Crippen LogP contribution in [0, 0.1) is 5.82 Å². The highest BCUT2D eigenvalue weighted by molar-refractivity contribution is 6.33. The second kappa shape index (κ2) is 5.36. The molecule has 0 saturated heterocycles. The predicted molar refractivity (Wildman–Crippen MR) is 76.9 cm³/mol. The van der Waals surface area contributed by atoms with Gasteiger partial charge in [-0.25, -0.2) is 14.4 Å². The molecule has 1 aromatic heterocycles. The molecule has 1 heterocycles. The molecule has 2 rings (SSSR count). The molecule has 0 aliphatic carbocycles. The molecule has 0 spiro atoms. The van der Waals surface area contributed by atoms with Crippen LogP contribution in [-0.4, -0.2) is 24.1 Å². The lowest BCUT2D eigenvalue weighted by atomic mass is 10.1. The van der Waals surface area contributed by atoms with Gasteiger partial charge >= 0.3 is 0 Å². The Morgan fingerprint density at radius 1 is 1.26 bits per heavy atom. The summed E-state index contributed by atoms with van der Waals surface area (Å²) in [5.41, 5.74) is 1.44. The van der Waals surface area contributed by atoms with Crippen LogP contribution in [-0.2, 0) is 0 Å². The van der Waals surface area contributed by atoms with Crippen molar-refractivity contribution in [3.8, 4) is 11.4 Å². The zero-order chi connectivity index (χ0) is 14.0. The van der Waals surface area contributed by atoms with E-state index in [1.165, 1.54) is 0 Å². The van der Waals surface area contributed by atoms with E-state index in [2.05, 4.69) is 16.5 Å². The monoisotopic (exact) mass is 277 g/mol. The molecule has 5 heteroatoms. The minimum Gasteiger partial charge on any atom is -0.374 e. The van der Waals surface area contributed by atoms with Crippen molar-refractivity contribution in [2.75, 3.05) is 19.0 Å². The van der Waals surface area contributed by atoms with Crippen LogP contribution in [0.25, 0.3) is 17.5 Å². The van der Waals surface area contributed by atoms with Gasteiger partial charge in [-0.05, 0) is 12.1 Å². The number of aromatic nitrogens is 2. The van der Waals surface area contributed by atoms with Crippen LogP contribution in [0.5, 0.6) is 0 Å². The van der Waals surface area contributed by atoms with Gasteiger partial charge in [-0.15, -0.1) is 0 Å². The summed E-state index contributed by atoms with van der Waals surface area (Å²) in [5, 5.41) is 0.356. The second-order valence-electron chi connectivity index (χ2n) is 4.20. The lowest BCUT2D eigenvalue weighted by molar-refractivity contribution is 0.628. The highest BCUT2D eigenvalue weighted by atomic mass is 35.5. The first-order chi connectivity index (χ1) is 9.04. The smallest absolute Gasteiger partial charge is 0.162 e. The Morgan fingerprint density at radius 2 is 1.89 bits per heavy atom. The molecule has 98 valence electrons. The molecule has 0 atom stereocenters. The second-order valence-corrected chi connectivity index (χ2v) is 4.60. The molecule has 0 aliphatic heterocycles. The summed E-state index contributed by atoms with van der Waals surface area (Å²) in [6.45, 7) is 3.62. The van der Waals surface area contributed by atoms with Crippen molar-refractivity contribution in [1.82, 2.24) is 9.97 Å². The Labute approximate surface area is 116 Å². The highest BCUT2D eigenvalue weighted by Gasteiger charge is 2.16. The SMILES string of the molecule is C=Cc1cnc(-c2ccc(Cl)c(N(C)C)c2F)nc1. The average Bonchev–Trinajstić information content (AvgIpc) is 2.39. The topological polar surface area (TPSA) is 29.0 Å². The first-order valence-corrected chi connectivity index (χ1v) is 6.02. The third-order valence-electron chi connectivity index (χ3n) is 2.66. The maximum atomic E-state index is 14.4. The van der Waals surface area contributed by atoms with Crippen molar-refractivity contribution in [3.63, 3.8) is 0 Å². The standard InChI is InChI=1S/C14H13ClFN3/c1-4-9-7-17-14(18-8-9)10-5-6-11(15)13(12(10)16)19(2)3/h4-8H,1H2,2-3H3. The van der Waals surface area contributed by atoms with Gasteiger partial charge in [0.1, 0.15) is 0 Å². The molecule has 0 N–H and O–H groups in total. The van der Waals surface area contributed by atoms with Gasteiger partial charge in [0.2, 0.25) is 0 Å². The van der Waals surface area contributed by atoms with Crippen LogP contribution in [0.4, 0.5) is 10.1 Å². The molecule has 0 fully saturated rings. The maximum absolute atomic E-state index is 14.4. The average molecular weight is 278 g/mol. The van der Waals surface area contributed by atoms with Gasteiger partial charge in [0.25, 0.3) is 0 Å². The van der Waals surface area contributed by atoms with Crippen molar-refractivity contribution < 1.29 is 4.39 Å². The van der Waals surface area contributed by atoms with Crippen LogP contribution in [0.3, 0.4) is 0 Å². The quantitative estimate of drug-likeness (QED) is 0.858. The zero-order valence-electron chi connectivity index (χ0n) is 10.7. The Kier molecular flexibility index (Phi) is 3.81. The molecule has 0 unspecified atom stereocenters. The molecule has 2 aromatic rings. The van der Waals surface area contributed by atoms with Gasteiger partial charge in [-0.2, -0.15) is 0 Å². The van der Waals surface area contributed by atoms with Crippen molar-refractivity contribution in [3.05, 3.63) is 47.5 Å². The fourth-order valence-corrected chi connectivity index (χ4v) is 2.02. The van der Waals surface area contributed by atoms with Crippen LogP contribution < -0.4 is 4.90 Å². The van der Waals surface area contributed by atoms with Crippen molar-refractivity contribution in [2.45, 2.75) is 0 Å². The highest BCUT2D eigenvalue weighted by Crippen LogP contribution is 2.33. The molecule has 0 amide bonds. The largest absolute Gasteiger partial charge is 0.374 e. The van der Waals surface area contributed by atoms with E-state index in [-0.39, 0.29) is 0 Å². The van der Waals surface area contributed by atoms with Crippen LogP contribution >= 0.6 is 11.6 Å². The molecule has 1 aromatic carbocycles. The van der Waals surface area contributed by atoms with Crippen LogP contribution in [0.1, 0.15) is 5.56 Å². The Balaban J connectivity index is 2.56. The number of hydrogen-bond acceptors (Lipinski definition) is 3. The van der Waals surface area contributed by atoms with Gasteiger partial charge in [-0.3, -0.25) is 0 Å². The van der Waals surface area contributed by atoms with E-state index in [1.807, 2.05) is 0 Å². The molecular formula is C14H13ClFN3. The summed E-state index contributed by atoms with van der Waals surface area (Å²) >= 11 is 6.00. The number of anilines is 1. The first kappa shape index (κ1) is 13.5. The van der Waals surface area contributed by atoms with Gasteiger partial charge in [-0.1, -0.05) is 24.3 Å². The van der Waals surface area contributed by atoms with Gasteiger partial charge in [0.15, 0.2) is 11.6 Å². The maximum Gasteiger partial charge on any atom is 0.162 e. The molecule has 0 saturated carbocycles. The summed E-state index contributed by atoms with van der Waals surface area (Å²) in [5.74, 6) is -0.105. The minimum absolute atomic E-state index is 0.322. The summed E-state index contributed by atoms with van der Waals surface area (Å²) in [4.78, 5) is 9.88. The number of hydrogen-bond donors (Lipinski definition) is 0. The molecule has 0 radical (unpaired) electrons. The fraction of sp³-hybridized carbons (Fsp3) is 0.143. The number of halogens is 2. The van der Waals surface area contributed by atoms with E-state index in [0.717, 1.165) is 5.56 Å². The molecule has 19 heavy (non-hydrogen) atoms. The van der Waals surface area contributed by atoms with E-state index >= 15 is 0 Å². The molecule has 0 aliphatic rings. The molecule has 0 bridgehead atoms. The Morgan fingerprint density at radius 3 is 2.42 bits per heavy atom. The summed E-state index contributed by atoms with van der Waals surface area (Å²) in [6, 6.07) is 3.22. The molecular weight excluding hydrogens is 265 g/mol. The lowest BCUT2D eigenvalue weighted by Gasteiger charge is -2.17. The van der Waals surface area contributed by atoms with Crippen molar-refractivity contribution >= 4 is 23.4 Å². The van der Waals surface area contributed by atoms with Crippen LogP contribution in [0.15, 0.2) is 31.1 Å². The van der Waals surface area contributed by atoms with E-state index < -0.39 is 5.82 Å². The minimum atomic E-state index is -0.427. The van der Waals surface area contributed by atoms with E-state index in [4.69, 9.17) is 11.6 Å².